The van der Waals surface area contributed by atoms with Gasteiger partial charge >= 0.3 is 0 Å². The van der Waals surface area contributed by atoms with E-state index < -0.39 is 0 Å². The molecule has 1 nitrogen and oxygen atoms in total. The van der Waals surface area contributed by atoms with E-state index in [9.17, 15) is 0 Å². The number of methoxy groups -OCH3 is 1. The van der Waals surface area contributed by atoms with Crippen molar-refractivity contribution in [2.75, 3.05) is 14.2 Å². The smallest absolute Gasteiger partial charge is 0.0351 e. The standard InChI is InChI=1S/C20H14.C2H6O/c1-3-11-17-15(7-1)9-5-13-19(17)20-14-6-10-16-8-2-4-12-18(16)20;1-3-2/h1-14H;1-2H3. The first-order valence-electron chi connectivity index (χ1n) is 7.71. The second-order valence-corrected chi connectivity index (χ2v) is 5.46. The van der Waals surface area contributed by atoms with Gasteiger partial charge in [0, 0.05) is 14.2 Å². The van der Waals surface area contributed by atoms with Crippen LogP contribution in [0.3, 0.4) is 0 Å². The molecule has 0 saturated carbocycles. The molecule has 1 heteroatoms. The van der Waals surface area contributed by atoms with Gasteiger partial charge in [-0.1, -0.05) is 84.9 Å². The number of fused-ring (bicyclic) bond motifs is 2. The van der Waals surface area contributed by atoms with E-state index in [4.69, 9.17) is 0 Å². The van der Waals surface area contributed by atoms with Gasteiger partial charge in [0.25, 0.3) is 0 Å². The SMILES string of the molecule is COC.c1ccc2c(-c3cccc4ccccc34)cccc2c1. The van der Waals surface area contributed by atoms with Gasteiger partial charge in [0.05, 0.1) is 0 Å². The molecule has 0 saturated heterocycles. The van der Waals surface area contributed by atoms with Crippen LogP contribution in [0, 0.1) is 0 Å². The van der Waals surface area contributed by atoms with E-state index in [2.05, 4.69) is 89.7 Å². The fourth-order valence-electron chi connectivity index (χ4n) is 2.92. The lowest BCUT2D eigenvalue weighted by atomic mass is 9.94. The van der Waals surface area contributed by atoms with Gasteiger partial charge in [-0.25, -0.2) is 0 Å². The van der Waals surface area contributed by atoms with Crippen molar-refractivity contribution >= 4 is 21.5 Å². The Labute approximate surface area is 137 Å². The van der Waals surface area contributed by atoms with Crippen LogP contribution in [-0.4, -0.2) is 14.2 Å². The van der Waals surface area contributed by atoms with Crippen LogP contribution >= 0.6 is 0 Å². The summed E-state index contributed by atoms with van der Waals surface area (Å²) in [5, 5.41) is 5.20. The summed E-state index contributed by atoms with van der Waals surface area (Å²) < 4.78 is 4.25. The van der Waals surface area contributed by atoms with Crippen molar-refractivity contribution in [2.45, 2.75) is 0 Å². The summed E-state index contributed by atoms with van der Waals surface area (Å²) in [6.07, 6.45) is 0. The third-order valence-corrected chi connectivity index (χ3v) is 3.87. The van der Waals surface area contributed by atoms with Crippen LogP contribution in [-0.2, 0) is 4.74 Å². The van der Waals surface area contributed by atoms with Gasteiger partial charge in [-0.05, 0) is 32.7 Å². The number of benzene rings is 4. The van der Waals surface area contributed by atoms with E-state index in [1.807, 2.05) is 0 Å². The predicted octanol–water partition coefficient (Wildman–Crippen LogP) is 5.92. The average Bonchev–Trinajstić information content (AvgIpc) is 2.61. The first-order chi connectivity index (χ1) is 11.3. The minimum absolute atomic E-state index is 1.29. The molecule has 0 amide bonds. The van der Waals surface area contributed by atoms with E-state index in [0.717, 1.165) is 0 Å². The molecule has 0 unspecified atom stereocenters. The lowest BCUT2D eigenvalue weighted by molar-refractivity contribution is 0.277. The normalized spacial score (nSPS) is 10.3. The molecule has 4 aromatic rings. The molecule has 0 aliphatic carbocycles. The highest BCUT2D eigenvalue weighted by molar-refractivity contribution is 6.05. The Hall–Kier alpha value is -2.64. The number of rotatable bonds is 1. The van der Waals surface area contributed by atoms with Crippen molar-refractivity contribution in [3.8, 4) is 11.1 Å². The quantitative estimate of drug-likeness (QED) is 0.424. The maximum absolute atomic E-state index is 4.25. The highest BCUT2D eigenvalue weighted by Crippen LogP contribution is 2.33. The van der Waals surface area contributed by atoms with Gasteiger partial charge in [0.15, 0.2) is 0 Å². The van der Waals surface area contributed by atoms with E-state index in [-0.39, 0.29) is 0 Å². The van der Waals surface area contributed by atoms with Crippen LogP contribution in [0.1, 0.15) is 0 Å². The molecule has 0 N–H and O–H groups in total. The van der Waals surface area contributed by atoms with Crippen LogP contribution in [0.25, 0.3) is 32.7 Å². The molecular formula is C22H20O. The Kier molecular flexibility index (Phi) is 4.70. The molecule has 0 radical (unpaired) electrons. The molecule has 0 fully saturated rings. The first-order valence-corrected chi connectivity index (χ1v) is 7.71. The van der Waals surface area contributed by atoms with Gasteiger partial charge in [-0.2, -0.15) is 0 Å². The molecule has 0 atom stereocenters. The topological polar surface area (TPSA) is 9.23 Å². The zero-order chi connectivity index (χ0) is 16.1. The molecule has 0 heterocycles. The number of ether oxygens (including phenoxy) is 1. The highest BCUT2D eigenvalue weighted by Gasteiger charge is 2.06. The van der Waals surface area contributed by atoms with Crippen molar-refractivity contribution in [1.82, 2.24) is 0 Å². The van der Waals surface area contributed by atoms with Crippen molar-refractivity contribution < 1.29 is 4.74 Å². The summed E-state index contributed by atoms with van der Waals surface area (Å²) >= 11 is 0. The Morgan fingerprint density at radius 3 is 1.26 bits per heavy atom. The Morgan fingerprint density at radius 2 is 0.826 bits per heavy atom. The number of hydrogen-bond donors (Lipinski definition) is 0. The summed E-state index contributed by atoms with van der Waals surface area (Å²) in [6, 6.07) is 30.2. The van der Waals surface area contributed by atoms with Gasteiger partial charge in [0.2, 0.25) is 0 Å². The summed E-state index contributed by atoms with van der Waals surface area (Å²) in [6.45, 7) is 0. The summed E-state index contributed by atoms with van der Waals surface area (Å²) in [7, 11) is 3.25. The van der Waals surface area contributed by atoms with Crippen molar-refractivity contribution in [1.29, 1.82) is 0 Å². The molecule has 114 valence electrons. The maximum Gasteiger partial charge on any atom is 0.0351 e. The number of hydrogen-bond acceptors (Lipinski definition) is 1. The largest absolute Gasteiger partial charge is 0.388 e. The second kappa shape index (κ2) is 7.08. The predicted molar refractivity (Wildman–Crippen MR) is 99.8 cm³/mol. The average molecular weight is 300 g/mol. The van der Waals surface area contributed by atoms with E-state index >= 15 is 0 Å². The molecular weight excluding hydrogens is 280 g/mol. The Balaban J connectivity index is 0.000000485. The van der Waals surface area contributed by atoms with E-state index in [0.29, 0.717) is 0 Å². The van der Waals surface area contributed by atoms with Gasteiger partial charge in [-0.3, -0.25) is 0 Å². The van der Waals surface area contributed by atoms with Crippen LogP contribution in [0.5, 0.6) is 0 Å². The zero-order valence-corrected chi connectivity index (χ0v) is 13.5. The second-order valence-electron chi connectivity index (χ2n) is 5.46. The minimum Gasteiger partial charge on any atom is -0.388 e. The van der Waals surface area contributed by atoms with Crippen LogP contribution in [0.4, 0.5) is 0 Å². The summed E-state index contributed by atoms with van der Waals surface area (Å²) in [5.41, 5.74) is 2.61. The maximum atomic E-state index is 4.25. The summed E-state index contributed by atoms with van der Waals surface area (Å²) in [5.74, 6) is 0. The van der Waals surface area contributed by atoms with E-state index in [1.165, 1.54) is 32.7 Å². The molecule has 4 rings (SSSR count). The van der Waals surface area contributed by atoms with Crippen LogP contribution in [0.15, 0.2) is 84.9 Å². The fourth-order valence-corrected chi connectivity index (χ4v) is 2.92. The van der Waals surface area contributed by atoms with Crippen molar-refractivity contribution in [3.63, 3.8) is 0 Å². The summed E-state index contributed by atoms with van der Waals surface area (Å²) in [4.78, 5) is 0. The fraction of sp³-hybridized carbons (Fsp3) is 0.0909. The lowest BCUT2D eigenvalue weighted by Gasteiger charge is -2.10. The highest BCUT2D eigenvalue weighted by atomic mass is 16.4. The minimum atomic E-state index is 1.29. The molecule has 0 bridgehead atoms. The first kappa shape index (κ1) is 15.3. The molecule has 4 aromatic carbocycles. The monoisotopic (exact) mass is 300 g/mol. The molecule has 0 aromatic heterocycles. The van der Waals surface area contributed by atoms with Crippen molar-refractivity contribution in [2.24, 2.45) is 0 Å². The molecule has 0 aliphatic rings. The van der Waals surface area contributed by atoms with Gasteiger partial charge < -0.3 is 4.74 Å². The Morgan fingerprint density at radius 1 is 0.478 bits per heavy atom. The molecule has 23 heavy (non-hydrogen) atoms. The van der Waals surface area contributed by atoms with Crippen LogP contribution in [0.2, 0.25) is 0 Å². The van der Waals surface area contributed by atoms with Gasteiger partial charge in [0.1, 0.15) is 0 Å². The third-order valence-electron chi connectivity index (χ3n) is 3.87. The lowest BCUT2D eigenvalue weighted by Crippen LogP contribution is -1.83. The Bertz CT molecular complexity index is 837. The third kappa shape index (κ3) is 3.10. The zero-order valence-electron chi connectivity index (χ0n) is 13.5. The van der Waals surface area contributed by atoms with E-state index in [1.54, 1.807) is 14.2 Å². The van der Waals surface area contributed by atoms with Crippen molar-refractivity contribution in [3.05, 3.63) is 84.9 Å². The van der Waals surface area contributed by atoms with Gasteiger partial charge in [-0.15, -0.1) is 0 Å². The molecule has 0 aliphatic heterocycles. The molecule has 0 spiro atoms. The van der Waals surface area contributed by atoms with Crippen LogP contribution < -0.4 is 0 Å².